The fourth-order valence-corrected chi connectivity index (χ4v) is 2.40. The Balaban J connectivity index is 1.69. The summed E-state index contributed by atoms with van der Waals surface area (Å²) in [5.41, 5.74) is 7.14. The molecule has 4 nitrogen and oxygen atoms in total. The van der Waals surface area contributed by atoms with Gasteiger partial charge in [0.05, 0.1) is 6.10 Å². The van der Waals surface area contributed by atoms with Gasteiger partial charge in [-0.1, -0.05) is 30.3 Å². The first-order valence-corrected chi connectivity index (χ1v) is 7.34. The Morgan fingerprint density at radius 2 is 1.95 bits per heavy atom. The van der Waals surface area contributed by atoms with E-state index in [0.29, 0.717) is 25.3 Å². The van der Waals surface area contributed by atoms with Crippen molar-refractivity contribution < 1.29 is 14.3 Å². The summed E-state index contributed by atoms with van der Waals surface area (Å²) in [6, 6.07) is 17.3. The minimum absolute atomic E-state index is 0.352. The molecule has 3 aromatic rings. The predicted octanol–water partition coefficient (Wildman–Crippen LogP) is 3.39. The molecule has 1 aromatic heterocycles. The second-order valence-electron chi connectivity index (χ2n) is 5.20. The Morgan fingerprint density at radius 1 is 1.09 bits per heavy atom. The highest BCUT2D eigenvalue weighted by atomic mass is 16.5. The number of hydrogen-bond acceptors (Lipinski definition) is 4. The zero-order valence-corrected chi connectivity index (χ0v) is 12.2. The predicted molar refractivity (Wildman–Crippen MR) is 85.6 cm³/mol. The van der Waals surface area contributed by atoms with E-state index in [1.165, 1.54) is 0 Å². The molecular formula is C18H19NO3. The van der Waals surface area contributed by atoms with E-state index in [1.807, 2.05) is 54.6 Å². The summed E-state index contributed by atoms with van der Waals surface area (Å²) in [6.07, 6.45) is -0.0210. The standard InChI is InChI=1S/C18H19NO3/c19-9-8-17(20)13-5-3-6-15(10-13)21-12-16-11-14-4-1-2-7-18(14)22-16/h1-7,10-11,17,20H,8-9,12,19H2. The van der Waals surface area contributed by atoms with Crippen molar-refractivity contribution >= 4 is 11.0 Å². The molecule has 3 rings (SSSR count). The monoisotopic (exact) mass is 297 g/mol. The van der Waals surface area contributed by atoms with Gasteiger partial charge in [0.1, 0.15) is 23.7 Å². The first kappa shape index (κ1) is 14.6. The van der Waals surface area contributed by atoms with E-state index in [-0.39, 0.29) is 0 Å². The lowest BCUT2D eigenvalue weighted by Crippen LogP contribution is -2.06. The molecule has 0 fully saturated rings. The van der Waals surface area contributed by atoms with Crippen LogP contribution in [-0.2, 0) is 6.61 Å². The van der Waals surface area contributed by atoms with Crippen molar-refractivity contribution in [3.05, 3.63) is 65.9 Å². The number of rotatable bonds is 6. The van der Waals surface area contributed by atoms with Gasteiger partial charge in [-0.2, -0.15) is 0 Å². The Kier molecular flexibility index (Phi) is 4.42. The number of aliphatic hydroxyl groups excluding tert-OH is 1. The molecule has 0 aliphatic heterocycles. The SMILES string of the molecule is NCCC(O)c1cccc(OCc2cc3ccccc3o2)c1. The number of benzene rings is 2. The smallest absolute Gasteiger partial charge is 0.146 e. The highest BCUT2D eigenvalue weighted by Gasteiger charge is 2.08. The van der Waals surface area contributed by atoms with E-state index in [0.717, 1.165) is 22.3 Å². The van der Waals surface area contributed by atoms with E-state index in [4.69, 9.17) is 14.9 Å². The molecule has 114 valence electrons. The molecule has 1 atom stereocenters. The number of aliphatic hydroxyl groups is 1. The lowest BCUT2D eigenvalue weighted by molar-refractivity contribution is 0.169. The number of fused-ring (bicyclic) bond motifs is 1. The summed E-state index contributed by atoms with van der Waals surface area (Å²) in [5.74, 6) is 1.48. The average molecular weight is 297 g/mol. The molecular weight excluding hydrogens is 278 g/mol. The topological polar surface area (TPSA) is 68.6 Å². The Bertz CT molecular complexity index is 718. The second-order valence-corrected chi connectivity index (χ2v) is 5.20. The van der Waals surface area contributed by atoms with Gasteiger partial charge in [-0.15, -0.1) is 0 Å². The van der Waals surface area contributed by atoms with Gasteiger partial charge >= 0.3 is 0 Å². The molecule has 4 heteroatoms. The van der Waals surface area contributed by atoms with Gasteiger partial charge in [-0.3, -0.25) is 0 Å². The van der Waals surface area contributed by atoms with Gasteiger partial charge in [0.2, 0.25) is 0 Å². The van der Waals surface area contributed by atoms with Crippen LogP contribution in [0.25, 0.3) is 11.0 Å². The maximum Gasteiger partial charge on any atom is 0.146 e. The molecule has 1 heterocycles. The molecule has 0 radical (unpaired) electrons. The number of nitrogens with two attached hydrogens (primary N) is 1. The summed E-state index contributed by atoms with van der Waals surface area (Å²) >= 11 is 0. The Morgan fingerprint density at radius 3 is 2.77 bits per heavy atom. The molecule has 2 aromatic carbocycles. The number of para-hydroxylation sites is 1. The van der Waals surface area contributed by atoms with Crippen LogP contribution in [-0.4, -0.2) is 11.7 Å². The summed E-state index contributed by atoms with van der Waals surface area (Å²) in [5, 5.41) is 11.0. The maximum atomic E-state index is 9.97. The van der Waals surface area contributed by atoms with Crippen molar-refractivity contribution in [3.8, 4) is 5.75 Å². The van der Waals surface area contributed by atoms with Crippen LogP contribution in [0.15, 0.2) is 59.0 Å². The summed E-state index contributed by atoms with van der Waals surface area (Å²) in [4.78, 5) is 0. The highest BCUT2D eigenvalue weighted by Crippen LogP contribution is 2.23. The third kappa shape index (κ3) is 3.30. The molecule has 0 amide bonds. The fraction of sp³-hybridized carbons (Fsp3) is 0.222. The van der Waals surface area contributed by atoms with Gasteiger partial charge in [0, 0.05) is 5.39 Å². The third-order valence-electron chi connectivity index (χ3n) is 3.54. The quantitative estimate of drug-likeness (QED) is 0.731. The van der Waals surface area contributed by atoms with Crippen LogP contribution in [0.4, 0.5) is 0 Å². The van der Waals surface area contributed by atoms with E-state index in [9.17, 15) is 5.11 Å². The Labute approximate surface area is 129 Å². The van der Waals surface area contributed by atoms with Gasteiger partial charge in [0.15, 0.2) is 0 Å². The minimum atomic E-state index is -0.556. The van der Waals surface area contributed by atoms with Crippen molar-refractivity contribution in [2.45, 2.75) is 19.1 Å². The van der Waals surface area contributed by atoms with Crippen LogP contribution in [0.3, 0.4) is 0 Å². The number of furan rings is 1. The largest absolute Gasteiger partial charge is 0.486 e. The lowest BCUT2D eigenvalue weighted by atomic mass is 10.1. The zero-order valence-electron chi connectivity index (χ0n) is 12.2. The fourth-order valence-electron chi connectivity index (χ4n) is 2.40. The van der Waals surface area contributed by atoms with Crippen LogP contribution in [0.1, 0.15) is 23.8 Å². The molecule has 0 aliphatic carbocycles. The lowest BCUT2D eigenvalue weighted by Gasteiger charge is -2.11. The molecule has 1 unspecified atom stereocenters. The normalized spacial score (nSPS) is 12.5. The molecule has 0 aliphatic rings. The van der Waals surface area contributed by atoms with Crippen LogP contribution in [0.5, 0.6) is 5.75 Å². The van der Waals surface area contributed by atoms with Gasteiger partial charge in [-0.25, -0.2) is 0 Å². The van der Waals surface area contributed by atoms with Crippen molar-refractivity contribution in [3.63, 3.8) is 0 Å². The van der Waals surface area contributed by atoms with Gasteiger partial charge < -0.3 is 20.0 Å². The van der Waals surface area contributed by atoms with E-state index < -0.39 is 6.10 Å². The first-order valence-electron chi connectivity index (χ1n) is 7.34. The van der Waals surface area contributed by atoms with Gasteiger partial charge in [0.25, 0.3) is 0 Å². The highest BCUT2D eigenvalue weighted by molar-refractivity contribution is 5.77. The molecule has 0 saturated carbocycles. The first-order chi connectivity index (χ1) is 10.8. The van der Waals surface area contributed by atoms with Crippen molar-refractivity contribution in [1.82, 2.24) is 0 Å². The Hall–Kier alpha value is -2.30. The van der Waals surface area contributed by atoms with Crippen LogP contribution < -0.4 is 10.5 Å². The summed E-state index contributed by atoms with van der Waals surface area (Å²) in [6.45, 7) is 0.802. The molecule has 0 saturated heterocycles. The van der Waals surface area contributed by atoms with Crippen molar-refractivity contribution in [2.24, 2.45) is 5.73 Å². The minimum Gasteiger partial charge on any atom is -0.486 e. The van der Waals surface area contributed by atoms with E-state index in [2.05, 4.69) is 0 Å². The van der Waals surface area contributed by atoms with Crippen molar-refractivity contribution in [1.29, 1.82) is 0 Å². The average Bonchev–Trinajstić information content (AvgIpc) is 2.96. The number of ether oxygens (including phenoxy) is 1. The molecule has 0 bridgehead atoms. The summed E-state index contributed by atoms with van der Waals surface area (Å²) < 4.78 is 11.5. The van der Waals surface area contributed by atoms with Gasteiger partial charge in [-0.05, 0) is 42.8 Å². The van der Waals surface area contributed by atoms with E-state index >= 15 is 0 Å². The van der Waals surface area contributed by atoms with Crippen LogP contribution in [0, 0.1) is 0 Å². The second kappa shape index (κ2) is 6.64. The van der Waals surface area contributed by atoms with Crippen LogP contribution >= 0.6 is 0 Å². The summed E-state index contributed by atoms with van der Waals surface area (Å²) in [7, 11) is 0. The zero-order chi connectivity index (χ0) is 15.4. The van der Waals surface area contributed by atoms with Crippen LogP contribution in [0.2, 0.25) is 0 Å². The molecule has 0 spiro atoms. The molecule has 3 N–H and O–H groups in total. The van der Waals surface area contributed by atoms with E-state index in [1.54, 1.807) is 0 Å². The number of hydrogen-bond donors (Lipinski definition) is 2. The maximum absolute atomic E-state index is 9.97. The van der Waals surface area contributed by atoms with Crippen molar-refractivity contribution in [2.75, 3.05) is 6.54 Å². The molecule has 22 heavy (non-hydrogen) atoms. The third-order valence-corrected chi connectivity index (χ3v) is 3.54.